The largest absolute Gasteiger partial charge is 0.489 e. The predicted octanol–water partition coefficient (Wildman–Crippen LogP) is 0.988. The van der Waals surface area contributed by atoms with Gasteiger partial charge in [-0.25, -0.2) is 4.39 Å². The molecule has 3 N–H and O–H groups in total. The molecule has 0 saturated heterocycles. The van der Waals surface area contributed by atoms with Crippen LogP contribution in [-0.2, 0) is 0 Å². The molecule has 0 aliphatic heterocycles. The monoisotopic (exact) mass is 256 g/mol. The highest BCUT2D eigenvalue weighted by Crippen LogP contribution is 2.28. The highest BCUT2D eigenvalue weighted by Gasteiger charge is 2.15. The summed E-state index contributed by atoms with van der Waals surface area (Å²) in [5, 5.41) is 14.0. The Labute approximate surface area is 105 Å². The van der Waals surface area contributed by atoms with Gasteiger partial charge in [-0.3, -0.25) is 4.79 Å². The average Bonchev–Trinajstić information content (AvgIpc) is 2.37. The lowest BCUT2D eigenvalue weighted by Gasteiger charge is -2.13. The van der Waals surface area contributed by atoms with Gasteiger partial charge in [0.1, 0.15) is 18.2 Å². The summed E-state index contributed by atoms with van der Waals surface area (Å²) in [6, 6.07) is 2.53. The van der Waals surface area contributed by atoms with E-state index >= 15 is 0 Å². The maximum Gasteiger partial charge on any atom is 0.254 e. The van der Waals surface area contributed by atoms with Crippen molar-refractivity contribution < 1.29 is 19.0 Å². The Bertz CT molecular complexity index is 424. The fourth-order valence-corrected chi connectivity index (χ4v) is 1.47. The van der Waals surface area contributed by atoms with Crippen LogP contribution in [0.15, 0.2) is 12.1 Å². The number of nitrogens with one attached hydrogen (secondary N) is 2. The summed E-state index contributed by atoms with van der Waals surface area (Å²) >= 11 is 0. The van der Waals surface area contributed by atoms with Gasteiger partial charge in [0.2, 0.25) is 0 Å². The van der Waals surface area contributed by atoms with Gasteiger partial charge in [0, 0.05) is 19.7 Å². The normalized spacial score (nSPS) is 10.0. The number of anilines is 1. The zero-order chi connectivity index (χ0) is 13.5. The standard InChI is InChI=1S/C12H17FN2O3/c1-3-15-10-7-9(13)8(12(17)14-2)6-11(10)18-5-4-16/h6-7,15-16H,3-5H2,1-2H3,(H,14,17). The van der Waals surface area contributed by atoms with E-state index in [2.05, 4.69) is 10.6 Å². The smallest absolute Gasteiger partial charge is 0.254 e. The Hall–Kier alpha value is -1.82. The summed E-state index contributed by atoms with van der Waals surface area (Å²) in [7, 11) is 1.42. The SMILES string of the molecule is CCNc1cc(F)c(C(=O)NC)cc1OCCO. The molecule has 0 aliphatic rings. The number of carbonyl (C=O) groups excluding carboxylic acids is 1. The number of aliphatic hydroxyl groups excluding tert-OH is 1. The Balaban J connectivity index is 3.12. The van der Waals surface area contributed by atoms with Gasteiger partial charge in [-0.15, -0.1) is 0 Å². The first-order chi connectivity index (χ1) is 8.63. The van der Waals surface area contributed by atoms with E-state index in [1.165, 1.54) is 19.2 Å². The summed E-state index contributed by atoms with van der Waals surface area (Å²) in [4.78, 5) is 11.5. The van der Waals surface area contributed by atoms with Gasteiger partial charge in [0.05, 0.1) is 17.9 Å². The summed E-state index contributed by atoms with van der Waals surface area (Å²) in [6.07, 6.45) is 0. The van der Waals surface area contributed by atoms with Crippen molar-refractivity contribution in [2.24, 2.45) is 0 Å². The molecule has 1 aromatic carbocycles. The number of hydrogen-bond donors (Lipinski definition) is 3. The number of halogens is 1. The van der Waals surface area contributed by atoms with Crippen LogP contribution >= 0.6 is 0 Å². The van der Waals surface area contributed by atoms with Crippen molar-refractivity contribution in [2.45, 2.75) is 6.92 Å². The van der Waals surface area contributed by atoms with E-state index in [0.717, 1.165) is 0 Å². The van der Waals surface area contributed by atoms with Crippen molar-refractivity contribution in [1.82, 2.24) is 5.32 Å². The second-order valence-corrected chi connectivity index (χ2v) is 3.51. The number of carbonyl (C=O) groups is 1. The van der Waals surface area contributed by atoms with Gasteiger partial charge in [-0.1, -0.05) is 0 Å². The fraction of sp³-hybridized carbons (Fsp3) is 0.417. The molecule has 0 aliphatic carbocycles. The van der Waals surface area contributed by atoms with Crippen LogP contribution in [-0.4, -0.2) is 37.8 Å². The lowest BCUT2D eigenvalue weighted by Crippen LogP contribution is -2.20. The topological polar surface area (TPSA) is 70.6 Å². The molecule has 1 amide bonds. The number of amides is 1. The highest BCUT2D eigenvalue weighted by atomic mass is 19.1. The lowest BCUT2D eigenvalue weighted by molar-refractivity contribution is 0.0958. The van der Waals surface area contributed by atoms with Gasteiger partial charge in [-0.05, 0) is 13.0 Å². The molecule has 1 rings (SSSR count). The molecule has 1 aromatic rings. The first-order valence-electron chi connectivity index (χ1n) is 5.67. The quantitative estimate of drug-likeness (QED) is 0.710. The third kappa shape index (κ3) is 3.33. The van der Waals surface area contributed by atoms with Crippen LogP contribution in [0, 0.1) is 5.82 Å². The van der Waals surface area contributed by atoms with Crippen LogP contribution in [0.1, 0.15) is 17.3 Å². The Morgan fingerprint density at radius 1 is 1.50 bits per heavy atom. The van der Waals surface area contributed by atoms with Crippen LogP contribution in [0.5, 0.6) is 5.75 Å². The number of aliphatic hydroxyl groups is 1. The molecule has 0 radical (unpaired) electrons. The van der Waals surface area contributed by atoms with E-state index in [4.69, 9.17) is 9.84 Å². The van der Waals surface area contributed by atoms with Crippen molar-refractivity contribution in [3.63, 3.8) is 0 Å². The molecule has 5 nitrogen and oxygen atoms in total. The molecule has 0 saturated carbocycles. The Morgan fingerprint density at radius 2 is 2.22 bits per heavy atom. The van der Waals surface area contributed by atoms with Crippen LogP contribution in [0.2, 0.25) is 0 Å². The van der Waals surface area contributed by atoms with Crippen molar-refractivity contribution in [1.29, 1.82) is 0 Å². The summed E-state index contributed by atoms with van der Waals surface area (Å²) < 4.78 is 19.0. The second-order valence-electron chi connectivity index (χ2n) is 3.51. The molecular formula is C12H17FN2O3. The summed E-state index contributed by atoms with van der Waals surface area (Å²) in [5.41, 5.74) is 0.364. The van der Waals surface area contributed by atoms with Crippen molar-refractivity contribution in [3.05, 3.63) is 23.5 Å². The van der Waals surface area contributed by atoms with Gasteiger partial charge in [-0.2, -0.15) is 0 Å². The molecule has 0 spiro atoms. The molecule has 0 atom stereocenters. The van der Waals surface area contributed by atoms with Crippen LogP contribution in [0.25, 0.3) is 0 Å². The molecule has 100 valence electrons. The van der Waals surface area contributed by atoms with E-state index in [9.17, 15) is 9.18 Å². The van der Waals surface area contributed by atoms with E-state index < -0.39 is 11.7 Å². The van der Waals surface area contributed by atoms with Crippen LogP contribution in [0.4, 0.5) is 10.1 Å². The van der Waals surface area contributed by atoms with E-state index in [0.29, 0.717) is 18.0 Å². The third-order valence-electron chi connectivity index (χ3n) is 2.26. The maximum atomic E-state index is 13.7. The molecule has 0 fully saturated rings. The maximum absolute atomic E-state index is 13.7. The van der Waals surface area contributed by atoms with Crippen LogP contribution < -0.4 is 15.4 Å². The average molecular weight is 256 g/mol. The third-order valence-corrected chi connectivity index (χ3v) is 2.26. The fourth-order valence-electron chi connectivity index (χ4n) is 1.47. The Morgan fingerprint density at radius 3 is 2.78 bits per heavy atom. The number of rotatable bonds is 6. The minimum atomic E-state index is -0.623. The molecular weight excluding hydrogens is 239 g/mol. The van der Waals surface area contributed by atoms with Gasteiger partial charge in [0.25, 0.3) is 5.91 Å². The van der Waals surface area contributed by atoms with Crippen molar-refractivity contribution >= 4 is 11.6 Å². The molecule has 0 aromatic heterocycles. The minimum Gasteiger partial charge on any atom is -0.489 e. The molecule has 0 bridgehead atoms. The predicted molar refractivity (Wildman–Crippen MR) is 66.5 cm³/mol. The molecule has 0 unspecified atom stereocenters. The van der Waals surface area contributed by atoms with Gasteiger partial charge in [0.15, 0.2) is 0 Å². The highest BCUT2D eigenvalue weighted by molar-refractivity contribution is 5.95. The van der Waals surface area contributed by atoms with Gasteiger partial charge < -0.3 is 20.5 Å². The van der Waals surface area contributed by atoms with Crippen LogP contribution in [0.3, 0.4) is 0 Å². The molecule has 0 heterocycles. The van der Waals surface area contributed by atoms with E-state index in [-0.39, 0.29) is 18.8 Å². The number of benzene rings is 1. The summed E-state index contributed by atoms with van der Waals surface area (Å²) in [6.45, 7) is 2.38. The molecule has 18 heavy (non-hydrogen) atoms. The zero-order valence-electron chi connectivity index (χ0n) is 10.4. The minimum absolute atomic E-state index is 0.0806. The first kappa shape index (κ1) is 14.2. The van der Waals surface area contributed by atoms with Crippen molar-refractivity contribution in [3.8, 4) is 5.75 Å². The van der Waals surface area contributed by atoms with Gasteiger partial charge >= 0.3 is 0 Å². The summed E-state index contributed by atoms with van der Waals surface area (Å²) in [5.74, 6) is -0.808. The second kappa shape index (κ2) is 6.80. The number of ether oxygens (including phenoxy) is 1. The zero-order valence-corrected chi connectivity index (χ0v) is 10.4. The van der Waals surface area contributed by atoms with E-state index in [1.807, 2.05) is 6.92 Å². The number of hydrogen-bond acceptors (Lipinski definition) is 4. The Kier molecular flexibility index (Phi) is 5.38. The molecule has 6 heteroatoms. The first-order valence-corrected chi connectivity index (χ1v) is 5.67. The van der Waals surface area contributed by atoms with Crippen molar-refractivity contribution in [2.75, 3.05) is 32.1 Å². The van der Waals surface area contributed by atoms with E-state index in [1.54, 1.807) is 0 Å². The lowest BCUT2D eigenvalue weighted by atomic mass is 10.1.